The average molecular weight is 242 g/mol. The Labute approximate surface area is 103 Å². The van der Waals surface area contributed by atoms with Crippen LogP contribution in [0.5, 0.6) is 0 Å². The zero-order valence-electron chi connectivity index (χ0n) is 11.1. The summed E-state index contributed by atoms with van der Waals surface area (Å²) in [5, 5.41) is 13.5. The Hall–Kier alpha value is -1.36. The van der Waals surface area contributed by atoms with Crippen LogP contribution in [0.15, 0.2) is 12.2 Å². The van der Waals surface area contributed by atoms with Crippen LogP contribution in [-0.2, 0) is 9.59 Å². The molecule has 0 radical (unpaired) electrons. The van der Waals surface area contributed by atoms with Gasteiger partial charge in [-0.05, 0) is 13.8 Å². The summed E-state index contributed by atoms with van der Waals surface area (Å²) in [5.41, 5.74) is 0.474. The molecule has 0 aliphatic heterocycles. The molecule has 5 heteroatoms. The van der Waals surface area contributed by atoms with E-state index in [0.717, 1.165) is 0 Å². The molecular weight excluding hydrogens is 220 g/mol. The molecule has 0 fully saturated rings. The summed E-state index contributed by atoms with van der Waals surface area (Å²) >= 11 is 0. The number of nitrogens with zero attached hydrogens (tertiary/aromatic N) is 1. The van der Waals surface area contributed by atoms with E-state index in [9.17, 15) is 14.7 Å². The monoisotopic (exact) mass is 242 g/mol. The molecule has 0 rings (SSSR count). The molecule has 0 saturated carbocycles. The first-order valence-corrected chi connectivity index (χ1v) is 5.65. The number of hydrogen-bond donors (Lipinski definition) is 1. The third-order valence-corrected chi connectivity index (χ3v) is 2.97. The van der Waals surface area contributed by atoms with Crippen LogP contribution in [-0.4, -0.2) is 49.6 Å². The predicted octanol–water partition coefficient (Wildman–Crippen LogP) is -0.716. The second kappa shape index (κ2) is 6.39. The van der Waals surface area contributed by atoms with Gasteiger partial charge in [-0.1, -0.05) is 6.58 Å². The highest BCUT2D eigenvalue weighted by atomic mass is 16.4. The van der Waals surface area contributed by atoms with Gasteiger partial charge >= 0.3 is 0 Å². The van der Waals surface area contributed by atoms with Crippen LogP contribution < -0.4 is 10.4 Å². The lowest BCUT2D eigenvalue weighted by Crippen LogP contribution is -2.56. The fourth-order valence-corrected chi connectivity index (χ4v) is 1.32. The number of carbonyl (C=O) groups is 2. The molecule has 0 aliphatic carbocycles. The lowest BCUT2D eigenvalue weighted by Gasteiger charge is -2.36. The minimum Gasteiger partial charge on any atom is -0.544 e. The highest BCUT2D eigenvalue weighted by Crippen LogP contribution is 2.06. The number of nitrogens with one attached hydrogen (secondary N) is 1. The lowest BCUT2D eigenvalue weighted by atomic mass is 10.2. The van der Waals surface area contributed by atoms with E-state index in [1.807, 2.05) is 14.1 Å². The van der Waals surface area contributed by atoms with E-state index in [4.69, 9.17) is 0 Å². The standard InChI is InChI=1S/C12H22N2O3/c1-9(2)11(15)13-7-6-8-14(4,5)10(3)12(16)17/h10H,1,6-8H2,2-5H3,(H-,13,15,16,17). The van der Waals surface area contributed by atoms with E-state index in [1.54, 1.807) is 13.8 Å². The maximum atomic E-state index is 11.2. The number of carbonyl (C=O) groups excluding carboxylic acids is 2. The first-order chi connectivity index (χ1) is 7.68. The van der Waals surface area contributed by atoms with Gasteiger partial charge in [0.15, 0.2) is 0 Å². The minimum atomic E-state index is -1.05. The van der Waals surface area contributed by atoms with Crippen LogP contribution in [0.3, 0.4) is 0 Å². The van der Waals surface area contributed by atoms with E-state index in [1.165, 1.54) is 0 Å². The Kier molecular flexibility index (Phi) is 5.88. The van der Waals surface area contributed by atoms with Crippen LogP contribution in [0, 0.1) is 0 Å². The summed E-state index contributed by atoms with van der Waals surface area (Å²) in [6.45, 7) is 7.98. The first kappa shape index (κ1) is 15.6. The van der Waals surface area contributed by atoms with E-state index >= 15 is 0 Å². The van der Waals surface area contributed by atoms with Crippen molar-refractivity contribution in [2.45, 2.75) is 26.3 Å². The second-order valence-corrected chi connectivity index (χ2v) is 4.89. The fraction of sp³-hybridized carbons (Fsp3) is 0.667. The number of amides is 1. The number of rotatable bonds is 7. The molecule has 0 aliphatic rings. The molecule has 0 aromatic carbocycles. The molecule has 0 heterocycles. The number of hydrogen-bond acceptors (Lipinski definition) is 3. The summed E-state index contributed by atoms with van der Waals surface area (Å²) < 4.78 is 0.339. The van der Waals surface area contributed by atoms with E-state index in [-0.39, 0.29) is 5.91 Å². The number of carboxylic acid groups (broad SMARTS) is 1. The number of carboxylic acids is 1. The Bertz CT molecular complexity index is 311. The molecular formula is C12H22N2O3. The fourth-order valence-electron chi connectivity index (χ4n) is 1.32. The molecule has 98 valence electrons. The van der Waals surface area contributed by atoms with Crippen LogP contribution in [0.4, 0.5) is 0 Å². The Balaban J connectivity index is 4.00. The predicted molar refractivity (Wildman–Crippen MR) is 63.9 cm³/mol. The molecule has 1 amide bonds. The van der Waals surface area contributed by atoms with Gasteiger partial charge < -0.3 is 19.7 Å². The highest BCUT2D eigenvalue weighted by molar-refractivity contribution is 5.91. The summed E-state index contributed by atoms with van der Waals surface area (Å²) in [4.78, 5) is 22.0. The molecule has 0 bridgehead atoms. The normalized spacial score (nSPS) is 12.9. The van der Waals surface area contributed by atoms with E-state index < -0.39 is 12.0 Å². The van der Waals surface area contributed by atoms with Crippen LogP contribution >= 0.6 is 0 Å². The van der Waals surface area contributed by atoms with Gasteiger partial charge in [0.25, 0.3) is 0 Å². The molecule has 5 nitrogen and oxygen atoms in total. The smallest absolute Gasteiger partial charge is 0.246 e. The van der Waals surface area contributed by atoms with Crippen molar-refractivity contribution in [3.8, 4) is 0 Å². The largest absolute Gasteiger partial charge is 0.544 e. The van der Waals surface area contributed by atoms with Gasteiger partial charge in [-0.2, -0.15) is 0 Å². The van der Waals surface area contributed by atoms with E-state index in [0.29, 0.717) is 29.6 Å². The van der Waals surface area contributed by atoms with Crippen molar-refractivity contribution < 1.29 is 19.2 Å². The summed E-state index contributed by atoms with van der Waals surface area (Å²) in [6, 6.07) is -0.563. The zero-order valence-corrected chi connectivity index (χ0v) is 11.1. The molecule has 1 N–H and O–H groups in total. The van der Waals surface area contributed by atoms with Gasteiger partial charge in [0, 0.05) is 18.5 Å². The molecule has 0 aromatic heterocycles. The topological polar surface area (TPSA) is 69.2 Å². The molecule has 0 aromatic rings. The summed E-state index contributed by atoms with van der Waals surface area (Å²) in [6.07, 6.45) is 0.712. The van der Waals surface area contributed by atoms with Crippen molar-refractivity contribution in [2.75, 3.05) is 27.2 Å². The Morgan fingerprint density at radius 2 is 1.94 bits per heavy atom. The molecule has 1 unspecified atom stereocenters. The SMILES string of the molecule is C=C(C)C(=O)NCCC[N+](C)(C)C(C)C(=O)[O-]. The molecule has 1 atom stereocenters. The van der Waals surface area contributed by atoms with Gasteiger partial charge in [-0.25, -0.2) is 0 Å². The molecule has 17 heavy (non-hydrogen) atoms. The Morgan fingerprint density at radius 1 is 1.41 bits per heavy atom. The lowest BCUT2D eigenvalue weighted by molar-refractivity contribution is -0.906. The Morgan fingerprint density at radius 3 is 2.35 bits per heavy atom. The summed E-state index contributed by atoms with van der Waals surface area (Å²) in [5.74, 6) is -1.22. The van der Waals surface area contributed by atoms with Crippen molar-refractivity contribution >= 4 is 11.9 Å². The average Bonchev–Trinajstić information content (AvgIpc) is 2.22. The molecule has 0 spiro atoms. The van der Waals surface area contributed by atoms with Crippen LogP contribution in [0.1, 0.15) is 20.3 Å². The second-order valence-electron chi connectivity index (χ2n) is 4.89. The van der Waals surface area contributed by atoms with Gasteiger partial charge in [-0.3, -0.25) is 4.79 Å². The number of likely N-dealkylation sites (N-methyl/N-ethyl adjacent to an activating group) is 1. The number of quaternary nitrogens is 1. The number of aliphatic carboxylic acids is 1. The van der Waals surface area contributed by atoms with Gasteiger partial charge in [0.05, 0.1) is 26.6 Å². The van der Waals surface area contributed by atoms with Gasteiger partial charge in [-0.15, -0.1) is 0 Å². The van der Waals surface area contributed by atoms with E-state index in [2.05, 4.69) is 11.9 Å². The van der Waals surface area contributed by atoms with Crippen LogP contribution in [0.2, 0.25) is 0 Å². The third-order valence-electron chi connectivity index (χ3n) is 2.97. The zero-order chi connectivity index (χ0) is 13.6. The van der Waals surface area contributed by atoms with Crippen molar-refractivity contribution in [3.05, 3.63) is 12.2 Å². The highest BCUT2D eigenvalue weighted by Gasteiger charge is 2.24. The minimum absolute atomic E-state index is 0.164. The quantitative estimate of drug-likeness (QED) is 0.364. The molecule has 0 saturated heterocycles. The van der Waals surface area contributed by atoms with Gasteiger partial charge in [0.1, 0.15) is 6.04 Å². The van der Waals surface area contributed by atoms with Crippen molar-refractivity contribution in [1.29, 1.82) is 0 Å². The third kappa shape index (κ3) is 5.49. The van der Waals surface area contributed by atoms with Gasteiger partial charge in [0.2, 0.25) is 5.91 Å². The maximum Gasteiger partial charge on any atom is 0.246 e. The first-order valence-electron chi connectivity index (χ1n) is 5.65. The van der Waals surface area contributed by atoms with Crippen molar-refractivity contribution in [2.24, 2.45) is 0 Å². The van der Waals surface area contributed by atoms with Crippen molar-refractivity contribution in [3.63, 3.8) is 0 Å². The van der Waals surface area contributed by atoms with Crippen LogP contribution in [0.25, 0.3) is 0 Å². The summed E-state index contributed by atoms with van der Waals surface area (Å²) in [7, 11) is 3.67. The maximum absolute atomic E-state index is 11.2. The van der Waals surface area contributed by atoms with Crippen molar-refractivity contribution in [1.82, 2.24) is 5.32 Å².